The van der Waals surface area contributed by atoms with Crippen molar-refractivity contribution < 1.29 is 9.90 Å². The first-order valence-electron chi connectivity index (χ1n) is 15.1. The molecule has 200 valence electrons. The highest BCUT2D eigenvalue weighted by Crippen LogP contribution is 2.61. The van der Waals surface area contributed by atoms with Crippen LogP contribution in [0.5, 0.6) is 0 Å². The van der Waals surface area contributed by atoms with Gasteiger partial charge in [-0.15, -0.1) is 0 Å². The van der Waals surface area contributed by atoms with Gasteiger partial charge < -0.3 is 9.90 Å². The fraction of sp³-hybridized carbons (Fsp3) is 0.967. The van der Waals surface area contributed by atoms with Crippen LogP contribution in [-0.4, -0.2) is 30.6 Å². The summed E-state index contributed by atoms with van der Waals surface area (Å²) in [6.45, 7) is 11.7. The second-order valence-corrected chi connectivity index (χ2v) is 14.8. The Balaban J connectivity index is 0. The highest BCUT2D eigenvalue weighted by Gasteiger charge is 2.34. The Kier molecular flexibility index (Phi) is 29.9. The number of carboxylic acid groups (broad SMARTS) is 1. The molecule has 33 heavy (non-hydrogen) atoms. The van der Waals surface area contributed by atoms with Gasteiger partial charge in [-0.2, -0.15) is 0 Å². The molecule has 0 saturated heterocycles. The number of aliphatic carboxylic acids is 1. The lowest BCUT2D eigenvalue weighted by atomic mass is 10.1. The first kappa shape index (κ1) is 35.1. The molecule has 0 rings (SSSR count). The zero-order valence-electron chi connectivity index (χ0n) is 23.7. The molecule has 0 aromatic carbocycles. The molecule has 0 bridgehead atoms. The van der Waals surface area contributed by atoms with Crippen LogP contribution in [0.1, 0.15) is 163 Å². The van der Waals surface area contributed by atoms with Gasteiger partial charge >= 0.3 is 0 Å². The van der Waals surface area contributed by atoms with Crippen LogP contribution in [0, 0.1) is 0 Å². The third-order valence-corrected chi connectivity index (χ3v) is 12.0. The minimum atomic E-state index is -0.907. The van der Waals surface area contributed by atoms with Crippen molar-refractivity contribution in [1.82, 2.24) is 0 Å². The molecule has 0 amide bonds. The maximum atomic E-state index is 10.1. The Hall–Kier alpha value is -0.100. The van der Waals surface area contributed by atoms with Crippen LogP contribution in [0.3, 0.4) is 0 Å². The first-order chi connectivity index (χ1) is 16.0. The summed E-state index contributed by atoms with van der Waals surface area (Å²) in [4.78, 5) is 10.1. The van der Waals surface area contributed by atoms with Crippen LogP contribution in [0.25, 0.3) is 0 Å². The van der Waals surface area contributed by atoms with Gasteiger partial charge in [0.15, 0.2) is 0 Å². The average molecular weight is 487 g/mol. The van der Waals surface area contributed by atoms with Gasteiger partial charge in [0.1, 0.15) is 0 Å². The fourth-order valence-electron chi connectivity index (χ4n) is 4.58. The molecule has 2 nitrogen and oxygen atoms in total. The average Bonchev–Trinajstić information content (AvgIpc) is 2.82. The Bertz CT molecular complexity index is 346. The van der Waals surface area contributed by atoms with Gasteiger partial charge in [-0.3, -0.25) is 0 Å². The first-order valence-corrected chi connectivity index (χ1v) is 17.6. The number of carbonyl (C=O) groups is 1. The number of unbranched alkanes of at least 4 members (excludes halogenated alkanes) is 14. The summed E-state index contributed by atoms with van der Waals surface area (Å²) >= 11 is 0. The zero-order valence-corrected chi connectivity index (χ0v) is 24.6. The van der Waals surface area contributed by atoms with Crippen molar-refractivity contribution >= 4 is 13.2 Å². The lowest BCUT2D eigenvalue weighted by molar-refractivity contribution is -0.305. The van der Waals surface area contributed by atoms with Gasteiger partial charge in [0.25, 0.3) is 0 Å². The summed E-state index contributed by atoms with van der Waals surface area (Å²) in [6, 6.07) is 0. The van der Waals surface area contributed by atoms with E-state index in [9.17, 15) is 9.90 Å². The predicted octanol–water partition coefficient (Wildman–Crippen LogP) is 9.64. The molecular formula is C30H63O2P. The number of carboxylic acids is 1. The third-order valence-electron chi connectivity index (χ3n) is 6.93. The number of hydrogen-bond donors (Lipinski definition) is 0. The van der Waals surface area contributed by atoms with E-state index in [1.807, 2.05) is 0 Å². The monoisotopic (exact) mass is 486 g/mol. The maximum absolute atomic E-state index is 10.1. The second-order valence-electron chi connectivity index (χ2n) is 10.3. The molecule has 0 aliphatic carbocycles. The third kappa shape index (κ3) is 26.3. The molecule has 0 fully saturated rings. The number of rotatable bonds is 24. The summed E-state index contributed by atoms with van der Waals surface area (Å²) in [7, 11) is -0.562. The molecule has 0 unspecified atom stereocenters. The van der Waals surface area contributed by atoms with E-state index in [2.05, 4.69) is 34.6 Å². The van der Waals surface area contributed by atoms with E-state index >= 15 is 0 Å². The summed E-state index contributed by atoms with van der Waals surface area (Å²) in [5.41, 5.74) is 0. The van der Waals surface area contributed by atoms with Crippen molar-refractivity contribution in [2.24, 2.45) is 0 Å². The highest BCUT2D eigenvalue weighted by molar-refractivity contribution is 7.75. The number of hydrogen-bond acceptors (Lipinski definition) is 2. The van der Waals surface area contributed by atoms with Crippen molar-refractivity contribution in [2.45, 2.75) is 163 Å². The van der Waals surface area contributed by atoms with Gasteiger partial charge in [-0.05, 0) is 38.5 Å². The van der Waals surface area contributed by atoms with Crippen LogP contribution < -0.4 is 5.11 Å². The number of carbonyl (C=O) groups excluding carboxylic acids is 1. The molecule has 0 aromatic heterocycles. The van der Waals surface area contributed by atoms with Gasteiger partial charge in [-0.1, -0.05) is 125 Å². The van der Waals surface area contributed by atoms with Crippen LogP contribution >= 0.6 is 7.26 Å². The normalized spacial score (nSPS) is 11.3. The largest absolute Gasteiger partial charge is 0.550 e. The minimum absolute atomic E-state index is 0.233. The summed E-state index contributed by atoms with van der Waals surface area (Å²) < 4.78 is 0. The molecule has 0 saturated carbocycles. The minimum Gasteiger partial charge on any atom is -0.550 e. The SMILES string of the molecule is CCCCCCCCCCCCCC(=O)[O-].CCCC[P+](CCCC)(CCCC)CCCC. The van der Waals surface area contributed by atoms with Crippen molar-refractivity contribution in [3.63, 3.8) is 0 Å². The summed E-state index contributed by atoms with van der Waals surface area (Å²) in [6.07, 6.45) is 32.0. The lowest BCUT2D eigenvalue weighted by Gasteiger charge is -2.28. The molecule has 0 aliphatic heterocycles. The predicted molar refractivity (Wildman–Crippen MR) is 152 cm³/mol. The van der Waals surface area contributed by atoms with Gasteiger partial charge in [0, 0.05) is 13.2 Å². The van der Waals surface area contributed by atoms with Crippen LogP contribution in [-0.2, 0) is 4.79 Å². The van der Waals surface area contributed by atoms with E-state index < -0.39 is 13.2 Å². The Morgan fingerprint density at radius 3 is 1.00 bits per heavy atom. The second kappa shape index (κ2) is 28.1. The topological polar surface area (TPSA) is 40.1 Å². The van der Waals surface area contributed by atoms with Crippen LogP contribution in [0.15, 0.2) is 0 Å². The van der Waals surface area contributed by atoms with E-state index in [-0.39, 0.29) is 6.42 Å². The van der Waals surface area contributed by atoms with E-state index in [0.29, 0.717) is 0 Å². The molecule has 3 heteroatoms. The summed E-state index contributed by atoms with van der Waals surface area (Å²) in [5.74, 6) is -0.907. The van der Waals surface area contributed by atoms with Crippen LogP contribution in [0.2, 0.25) is 0 Å². The Morgan fingerprint density at radius 2 is 0.727 bits per heavy atom. The van der Waals surface area contributed by atoms with Gasteiger partial charge in [0.2, 0.25) is 0 Å². The maximum Gasteiger partial charge on any atom is 0.0594 e. The molecular weight excluding hydrogens is 423 g/mol. The van der Waals surface area contributed by atoms with E-state index in [1.165, 1.54) is 109 Å². The van der Waals surface area contributed by atoms with Gasteiger partial charge in [0.05, 0.1) is 24.6 Å². The quantitative estimate of drug-likeness (QED) is 0.101. The van der Waals surface area contributed by atoms with Crippen molar-refractivity contribution in [3.8, 4) is 0 Å². The molecule has 0 N–H and O–H groups in total. The molecule has 0 aromatic rings. The Morgan fingerprint density at radius 1 is 0.455 bits per heavy atom. The van der Waals surface area contributed by atoms with Crippen molar-refractivity contribution in [2.75, 3.05) is 24.6 Å². The lowest BCUT2D eigenvalue weighted by Crippen LogP contribution is -2.21. The molecule has 0 spiro atoms. The zero-order chi connectivity index (χ0) is 25.0. The van der Waals surface area contributed by atoms with E-state index in [0.717, 1.165) is 12.8 Å². The molecule has 0 aliphatic rings. The standard InChI is InChI=1S/C16H36P.C14H28O2/c1-5-9-13-17(14-10-6-2,15-11-7-3)16-12-8-4;1-2-3-4-5-6-7-8-9-10-11-12-13-14(15)16/h5-16H2,1-4H3;2-13H2,1H3,(H,15,16)/q+1;/p-1. The van der Waals surface area contributed by atoms with E-state index in [1.54, 1.807) is 24.6 Å². The highest BCUT2D eigenvalue weighted by atomic mass is 31.2. The summed E-state index contributed by atoms with van der Waals surface area (Å²) in [5, 5.41) is 10.1. The molecule has 0 radical (unpaired) electrons. The molecule has 0 atom stereocenters. The smallest absolute Gasteiger partial charge is 0.0594 e. The van der Waals surface area contributed by atoms with Crippen molar-refractivity contribution in [1.29, 1.82) is 0 Å². The van der Waals surface area contributed by atoms with Crippen LogP contribution in [0.4, 0.5) is 0 Å². The van der Waals surface area contributed by atoms with E-state index in [4.69, 9.17) is 0 Å². The Labute approximate surface area is 210 Å². The van der Waals surface area contributed by atoms with Crippen molar-refractivity contribution in [3.05, 3.63) is 0 Å². The van der Waals surface area contributed by atoms with Gasteiger partial charge in [-0.25, -0.2) is 0 Å². The fourth-order valence-corrected chi connectivity index (χ4v) is 9.87. The molecule has 0 heterocycles.